The van der Waals surface area contributed by atoms with Gasteiger partial charge in [-0.25, -0.2) is 13.2 Å². The van der Waals surface area contributed by atoms with E-state index in [1.165, 1.54) is 19.2 Å². The molecule has 0 saturated carbocycles. The Bertz CT molecular complexity index is 488. The molecule has 0 saturated heterocycles. The van der Waals surface area contributed by atoms with Crippen LogP contribution in [0.3, 0.4) is 0 Å². The van der Waals surface area contributed by atoms with Crippen molar-refractivity contribution < 1.29 is 17.9 Å². The highest BCUT2D eigenvalue weighted by atomic mass is 32.2. The molecule has 1 rings (SSSR count). The Morgan fingerprint density at radius 3 is 2.38 bits per heavy atom. The summed E-state index contributed by atoms with van der Waals surface area (Å²) in [6.45, 7) is 3.38. The van der Waals surface area contributed by atoms with Crippen molar-refractivity contribution in [3.05, 3.63) is 42.5 Å². The molecule has 0 N–H and O–H groups in total. The molecule has 1 aromatic carbocycles. The van der Waals surface area contributed by atoms with Gasteiger partial charge in [0, 0.05) is 5.57 Å². The van der Waals surface area contributed by atoms with Crippen LogP contribution in [0.25, 0.3) is 0 Å². The Kier molecular flexibility index (Phi) is 3.84. The van der Waals surface area contributed by atoms with Gasteiger partial charge < -0.3 is 4.74 Å². The number of esters is 1. The Labute approximate surface area is 94.5 Å². The number of benzene rings is 1. The summed E-state index contributed by atoms with van der Waals surface area (Å²) >= 11 is 0. The van der Waals surface area contributed by atoms with Gasteiger partial charge in [0.05, 0.1) is 17.8 Å². The highest BCUT2D eigenvalue weighted by Crippen LogP contribution is 2.13. The molecule has 0 aromatic heterocycles. The van der Waals surface area contributed by atoms with Crippen molar-refractivity contribution in [2.75, 3.05) is 12.9 Å². The van der Waals surface area contributed by atoms with E-state index >= 15 is 0 Å². The Morgan fingerprint density at radius 2 is 1.88 bits per heavy atom. The smallest absolute Gasteiger partial charge is 0.334 e. The third kappa shape index (κ3) is 2.93. The van der Waals surface area contributed by atoms with E-state index < -0.39 is 21.6 Å². The van der Waals surface area contributed by atoms with Gasteiger partial charge in [-0.1, -0.05) is 24.8 Å². The van der Waals surface area contributed by atoms with Crippen molar-refractivity contribution in [1.29, 1.82) is 0 Å². The predicted octanol–water partition coefficient (Wildman–Crippen LogP) is 1.19. The second-order valence-electron chi connectivity index (χ2n) is 3.17. The Balaban J connectivity index is 2.90. The van der Waals surface area contributed by atoms with E-state index in [9.17, 15) is 13.2 Å². The van der Waals surface area contributed by atoms with Gasteiger partial charge in [0.15, 0.2) is 9.84 Å². The molecule has 5 heteroatoms. The normalized spacial score (nSPS) is 10.8. The Hall–Kier alpha value is -1.62. The number of sulfone groups is 1. The van der Waals surface area contributed by atoms with Crippen molar-refractivity contribution in [3.63, 3.8) is 0 Å². The zero-order valence-corrected chi connectivity index (χ0v) is 9.66. The largest absolute Gasteiger partial charge is 0.466 e. The first-order valence-corrected chi connectivity index (χ1v) is 6.16. The molecule has 0 spiro atoms. The summed E-state index contributed by atoms with van der Waals surface area (Å²) in [6, 6.07) is 7.90. The van der Waals surface area contributed by atoms with Crippen molar-refractivity contribution >= 4 is 15.8 Å². The van der Waals surface area contributed by atoms with Gasteiger partial charge in [-0.15, -0.1) is 0 Å². The molecule has 16 heavy (non-hydrogen) atoms. The van der Waals surface area contributed by atoms with Crippen molar-refractivity contribution in [1.82, 2.24) is 0 Å². The third-order valence-corrected chi connectivity index (χ3v) is 3.66. The van der Waals surface area contributed by atoms with Crippen LogP contribution in [-0.4, -0.2) is 27.2 Å². The van der Waals surface area contributed by atoms with Gasteiger partial charge in [-0.2, -0.15) is 0 Å². The maximum Gasteiger partial charge on any atom is 0.334 e. The third-order valence-electron chi connectivity index (χ3n) is 1.94. The molecule has 0 aliphatic rings. The lowest BCUT2D eigenvalue weighted by Crippen LogP contribution is -2.15. The summed E-state index contributed by atoms with van der Waals surface area (Å²) in [5, 5.41) is 0. The fourth-order valence-corrected chi connectivity index (χ4v) is 2.46. The highest BCUT2D eigenvalue weighted by molar-refractivity contribution is 7.91. The summed E-state index contributed by atoms with van der Waals surface area (Å²) in [7, 11) is -2.33. The first-order chi connectivity index (χ1) is 7.47. The van der Waals surface area contributed by atoms with Crippen LogP contribution in [0.2, 0.25) is 0 Å². The summed E-state index contributed by atoms with van der Waals surface area (Å²) in [4.78, 5) is 11.2. The molecule has 0 aliphatic carbocycles. The van der Waals surface area contributed by atoms with Gasteiger partial charge >= 0.3 is 5.97 Å². The number of carbonyl (C=O) groups is 1. The van der Waals surface area contributed by atoms with Gasteiger partial charge in [-0.3, -0.25) is 0 Å². The molecule has 0 radical (unpaired) electrons. The second kappa shape index (κ2) is 4.94. The lowest BCUT2D eigenvalue weighted by Gasteiger charge is -2.05. The molecule has 86 valence electrons. The minimum absolute atomic E-state index is 0.0775. The number of hydrogen-bond donors (Lipinski definition) is 0. The van der Waals surface area contributed by atoms with Crippen LogP contribution in [-0.2, 0) is 19.4 Å². The van der Waals surface area contributed by atoms with E-state index in [0.29, 0.717) is 0 Å². The van der Waals surface area contributed by atoms with E-state index in [1.807, 2.05) is 0 Å². The van der Waals surface area contributed by atoms with Crippen LogP contribution in [0.1, 0.15) is 0 Å². The number of carbonyl (C=O) groups excluding carboxylic acids is 1. The molecule has 0 bridgehead atoms. The number of methoxy groups -OCH3 is 1. The molecule has 0 fully saturated rings. The first kappa shape index (κ1) is 12.4. The van der Waals surface area contributed by atoms with Gasteiger partial charge in [0.1, 0.15) is 0 Å². The molecule has 4 nitrogen and oxygen atoms in total. The number of rotatable bonds is 4. The number of ether oxygens (including phenoxy) is 1. The lowest BCUT2D eigenvalue weighted by atomic mass is 10.4. The summed E-state index contributed by atoms with van der Waals surface area (Å²) in [6.07, 6.45) is 0. The van der Waals surface area contributed by atoms with Crippen molar-refractivity contribution in [2.24, 2.45) is 0 Å². The summed E-state index contributed by atoms with van der Waals surface area (Å²) < 4.78 is 28.0. The van der Waals surface area contributed by atoms with Crippen LogP contribution < -0.4 is 0 Å². The van der Waals surface area contributed by atoms with E-state index in [0.717, 1.165) is 0 Å². The molecule has 0 unspecified atom stereocenters. The average molecular weight is 240 g/mol. The van der Waals surface area contributed by atoms with Crippen LogP contribution in [0, 0.1) is 0 Å². The van der Waals surface area contributed by atoms with E-state index in [4.69, 9.17) is 0 Å². The highest BCUT2D eigenvalue weighted by Gasteiger charge is 2.19. The van der Waals surface area contributed by atoms with Crippen LogP contribution in [0.4, 0.5) is 0 Å². The standard InChI is InChI=1S/C11H12O4S/c1-9(11(12)15-2)8-16(13,14)10-6-4-3-5-7-10/h3-7H,1,8H2,2H3. The topological polar surface area (TPSA) is 60.4 Å². The minimum atomic E-state index is -3.52. The van der Waals surface area contributed by atoms with Gasteiger partial charge in [0.25, 0.3) is 0 Å². The summed E-state index contributed by atoms with van der Waals surface area (Å²) in [5.41, 5.74) is -0.0775. The molecule has 0 amide bonds. The SMILES string of the molecule is C=C(CS(=O)(=O)c1ccccc1)C(=O)OC. The van der Waals surface area contributed by atoms with Crippen molar-refractivity contribution in [3.8, 4) is 0 Å². The monoisotopic (exact) mass is 240 g/mol. The molecular weight excluding hydrogens is 228 g/mol. The number of hydrogen-bond acceptors (Lipinski definition) is 4. The lowest BCUT2D eigenvalue weighted by molar-refractivity contribution is -0.135. The maximum absolute atomic E-state index is 11.8. The predicted molar refractivity (Wildman–Crippen MR) is 59.7 cm³/mol. The second-order valence-corrected chi connectivity index (χ2v) is 5.16. The first-order valence-electron chi connectivity index (χ1n) is 4.51. The average Bonchev–Trinajstić information content (AvgIpc) is 2.28. The van der Waals surface area contributed by atoms with Crippen LogP contribution in [0.5, 0.6) is 0 Å². The molecule has 0 aliphatic heterocycles. The Morgan fingerprint density at radius 1 is 1.31 bits per heavy atom. The quantitative estimate of drug-likeness (QED) is 0.586. The zero-order chi connectivity index (χ0) is 12.2. The van der Waals surface area contributed by atoms with Gasteiger partial charge in [-0.05, 0) is 12.1 Å². The molecule has 1 aromatic rings. The molecule has 0 heterocycles. The van der Waals surface area contributed by atoms with Crippen molar-refractivity contribution in [2.45, 2.75) is 4.90 Å². The van der Waals surface area contributed by atoms with E-state index in [-0.39, 0.29) is 10.5 Å². The fourth-order valence-electron chi connectivity index (χ4n) is 1.14. The maximum atomic E-state index is 11.8. The minimum Gasteiger partial charge on any atom is -0.466 e. The van der Waals surface area contributed by atoms with Gasteiger partial charge in [0.2, 0.25) is 0 Å². The van der Waals surface area contributed by atoms with E-state index in [2.05, 4.69) is 11.3 Å². The van der Waals surface area contributed by atoms with E-state index in [1.54, 1.807) is 18.2 Å². The molecular formula is C11H12O4S. The summed E-state index contributed by atoms with van der Waals surface area (Å²) in [5.74, 6) is -1.14. The fraction of sp³-hybridized carbons (Fsp3) is 0.182. The molecule has 0 atom stereocenters. The van der Waals surface area contributed by atoms with Crippen LogP contribution >= 0.6 is 0 Å². The van der Waals surface area contributed by atoms with Crippen LogP contribution in [0.15, 0.2) is 47.4 Å². The zero-order valence-electron chi connectivity index (χ0n) is 8.84.